The number of carbonyl (C=O) groups is 1. The van der Waals surface area contributed by atoms with Crippen molar-refractivity contribution in [2.75, 3.05) is 26.2 Å². The fourth-order valence-corrected chi connectivity index (χ4v) is 2.95. The van der Waals surface area contributed by atoms with Crippen molar-refractivity contribution in [1.82, 2.24) is 10.2 Å². The number of nitrogens with one attached hydrogen (secondary N) is 1. The summed E-state index contributed by atoms with van der Waals surface area (Å²) in [5, 5.41) is 12.4. The van der Waals surface area contributed by atoms with Crippen LogP contribution in [0.1, 0.15) is 18.4 Å². The number of likely N-dealkylation sites (tertiary alicyclic amines) is 1. The highest BCUT2D eigenvalue weighted by atomic mass is 35.5. The van der Waals surface area contributed by atoms with Crippen LogP contribution in [0.5, 0.6) is 0 Å². The summed E-state index contributed by atoms with van der Waals surface area (Å²) in [5.74, 6) is -0.265. The summed E-state index contributed by atoms with van der Waals surface area (Å²) in [6.07, 6.45) is 2.33. The Bertz CT molecular complexity index is 453. The molecule has 0 amide bonds. The van der Waals surface area contributed by atoms with E-state index in [1.165, 1.54) is 18.4 Å². The van der Waals surface area contributed by atoms with Crippen LogP contribution >= 0.6 is 11.6 Å². The van der Waals surface area contributed by atoms with Gasteiger partial charge in [0, 0.05) is 18.1 Å². The van der Waals surface area contributed by atoms with Gasteiger partial charge in [-0.3, -0.25) is 9.69 Å². The molecule has 1 saturated heterocycles. The lowest BCUT2D eigenvalue weighted by Gasteiger charge is -2.32. The molecule has 0 aromatic heterocycles. The maximum absolute atomic E-state index is 10.5. The van der Waals surface area contributed by atoms with Crippen molar-refractivity contribution in [3.8, 4) is 0 Å². The van der Waals surface area contributed by atoms with E-state index in [4.69, 9.17) is 16.7 Å². The van der Waals surface area contributed by atoms with Gasteiger partial charge in [0.15, 0.2) is 0 Å². The van der Waals surface area contributed by atoms with Crippen LogP contribution in [0.2, 0.25) is 5.02 Å². The number of aliphatic carboxylic acids is 1. The molecule has 0 bridgehead atoms. The van der Waals surface area contributed by atoms with E-state index in [0.29, 0.717) is 5.92 Å². The van der Waals surface area contributed by atoms with Gasteiger partial charge >= 0.3 is 5.97 Å². The molecule has 1 fully saturated rings. The summed E-state index contributed by atoms with van der Waals surface area (Å²) in [6.45, 7) is 3.85. The molecule has 0 saturated carbocycles. The average Bonchev–Trinajstić information content (AvgIpc) is 2.39. The molecule has 1 aliphatic rings. The van der Waals surface area contributed by atoms with Crippen LogP contribution in [-0.4, -0.2) is 42.2 Å². The molecule has 0 radical (unpaired) electrons. The van der Waals surface area contributed by atoms with Crippen LogP contribution in [0.4, 0.5) is 0 Å². The van der Waals surface area contributed by atoms with Gasteiger partial charge in [-0.15, -0.1) is 0 Å². The van der Waals surface area contributed by atoms with Gasteiger partial charge in [0.25, 0.3) is 0 Å². The molecule has 110 valence electrons. The Hall–Kier alpha value is -1.10. The maximum atomic E-state index is 10.5. The molecule has 2 rings (SSSR count). The minimum atomic E-state index is -0.795. The van der Waals surface area contributed by atoms with Gasteiger partial charge in [0.05, 0.1) is 6.54 Å². The zero-order valence-corrected chi connectivity index (χ0v) is 12.3. The fraction of sp³-hybridized carbons (Fsp3) is 0.533. The summed E-state index contributed by atoms with van der Waals surface area (Å²) >= 11 is 6.01. The minimum absolute atomic E-state index is 0.0464. The van der Waals surface area contributed by atoms with Gasteiger partial charge < -0.3 is 10.4 Å². The van der Waals surface area contributed by atoms with Gasteiger partial charge in [-0.25, -0.2) is 0 Å². The highest BCUT2D eigenvalue weighted by Gasteiger charge is 2.19. The summed E-state index contributed by atoms with van der Waals surface area (Å²) in [5.41, 5.74) is 1.23. The van der Waals surface area contributed by atoms with Crippen molar-refractivity contribution in [2.24, 2.45) is 5.92 Å². The Kier molecular flexibility index (Phi) is 5.83. The van der Waals surface area contributed by atoms with Crippen molar-refractivity contribution in [2.45, 2.75) is 19.4 Å². The zero-order chi connectivity index (χ0) is 14.4. The third-order valence-corrected chi connectivity index (χ3v) is 3.84. The van der Waals surface area contributed by atoms with Crippen LogP contribution in [0, 0.1) is 5.92 Å². The maximum Gasteiger partial charge on any atom is 0.317 e. The highest BCUT2D eigenvalue weighted by molar-refractivity contribution is 6.30. The van der Waals surface area contributed by atoms with E-state index in [-0.39, 0.29) is 6.54 Å². The average molecular weight is 297 g/mol. The molecule has 1 unspecified atom stereocenters. The Morgan fingerprint density at radius 3 is 3.10 bits per heavy atom. The van der Waals surface area contributed by atoms with Crippen LogP contribution in [0.3, 0.4) is 0 Å². The number of halogens is 1. The van der Waals surface area contributed by atoms with Gasteiger partial charge in [0.1, 0.15) is 0 Å². The molecule has 1 atom stereocenters. The second kappa shape index (κ2) is 7.62. The van der Waals surface area contributed by atoms with Crippen molar-refractivity contribution in [1.29, 1.82) is 0 Å². The molecule has 1 aromatic carbocycles. The largest absolute Gasteiger partial charge is 0.480 e. The second-order valence-corrected chi connectivity index (χ2v) is 5.83. The Labute approximate surface area is 124 Å². The van der Waals surface area contributed by atoms with Crippen molar-refractivity contribution in [3.63, 3.8) is 0 Å². The summed E-state index contributed by atoms with van der Waals surface area (Å²) < 4.78 is 0. The predicted molar refractivity (Wildman–Crippen MR) is 80.0 cm³/mol. The second-order valence-electron chi connectivity index (χ2n) is 5.40. The molecule has 0 aliphatic carbocycles. The van der Waals surface area contributed by atoms with E-state index in [1.807, 2.05) is 18.2 Å². The van der Waals surface area contributed by atoms with E-state index < -0.39 is 5.97 Å². The lowest BCUT2D eigenvalue weighted by atomic mass is 9.97. The standard InChI is InChI=1S/C15H21ClN2O2/c16-14-5-1-3-12(7-14)10-18-6-2-4-13(11-18)8-17-9-15(19)20/h1,3,5,7,13,17H,2,4,6,8-11H2,(H,19,20). The Balaban J connectivity index is 1.79. The molecule has 20 heavy (non-hydrogen) atoms. The van der Waals surface area contributed by atoms with E-state index in [2.05, 4.69) is 16.3 Å². The van der Waals surface area contributed by atoms with Gasteiger partial charge in [-0.05, 0) is 49.5 Å². The third-order valence-electron chi connectivity index (χ3n) is 3.61. The molecule has 2 N–H and O–H groups in total. The first kappa shape index (κ1) is 15.3. The Morgan fingerprint density at radius 1 is 1.50 bits per heavy atom. The van der Waals surface area contributed by atoms with E-state index in [0.717, 1.165) is 31.2 Å². The van der Waals surface area contributed by atoms with Crippen molar-refractivity contribution >= 4 is 17.6 Å². The number of carboxylic acids is 1. The van der Waals surface area contributed by atoms with Gasteiger partial charge in [-0.1, -0.05) is 23.7 Å². The van der Waals surface area contributed by atoms with Crippen LogP contribution in [0.15, 0.2) is 24.3 Å². The van der Waals surface area contributed by atoms with Crippen LogP contribution in [0.25, 0.3) is 0 Å². The van der Waals surface area contributed by atoms with E-state index >= 15 is 0 Å². The molecule has 0 spiro atoms. The van der Waals surface area contributed by atoms with Crippen LogP contribution in [-0.2, 0) is 11.3 Å². The monoisotopic (exact) mass is 296 g/mol. The first-order chi connectivity index (χ1) is 9.63. The number of hydrogen-bond acceptors (Lipinski definition) is 3. The molecular weight excluding hydrogens is 276 g/mol. The minimum Gasteiger partial charge on any atom is -0.480 e. The predicted octanol–water partition coefficient (Wildman–Crippen LogP) is 2.23. The zero-order valence-electron chi connectivity index (χ0n) is 11.5. The van der Waals surface area contributed by atoms with Gasteiger partial charge in [0.2, 0.25) is 0 Å². The summed E-state index contributed by atoms with van der Waals surface area (Å²) in [7, 11) is 0. The highest BCUT2D eigenvalue weighted by Crippen LogP contribution is 2.19. The Morgan fingerprint density at radius 2 is 2.35 bits per heavy atom. The molecule has 1 aliphatic heterocycles. The number of hydrogen-bond donors (Lipinski definition) is 2. The molecule has 5 heteroatoms. The number of benzene rings is 1. The first-order valence-corrected chi connectivity index (χ1v) is 7.40. The summed E-state index contributed by atoms with van der Waals surface area (Å²) in [4.78, 5) is 12.9. The van der Waals surface area contributed by atoms with Crippen molar-refractivity contribution in [3.05, 3.63) is 34.9 Å². The quantitative estimate of drug-likeness (QED) is 0.845. The topological polar surface area (TPSA) is 52.6 Å². The smallest absolute Gasteiger partial charge is 0.317 e. The third kappa shape index (κ3) is 5.12. The molecule has 4 nitrogen and oxygen atoms in total. The number of piperidine rings is 1. The lowest BCUT2D eigenvalue weighted by Crippen LogP contribution is -2.40. The number of nitrogens with zero attached hydrogens (tertiary/aromatic N) is 1. The van der Waals surface area contributed by atoms with Crippen molar-refractivity contribution < 1.29 is 9.90 Å². The molecule has 1 aromatic rings. The fourth-order valence-electron chi connectivity index (χ4n) is 2.74. The number of carboxylic acid groups (broad SMARTS) is 1. The summed E-state index contributed by atoms with van der Waals surface area (Å²) in [6, 6.07) is 7.97. The number of rotatable bonds is 6. The van der Waals surface area contributed by atoms with E-state index in [1.54, 1.807) is 0 Å². The molecular formula is C15H21ClN2O2. The molecule has 1 heterocycles. The SMILES string of the molecule is O=C(O)CNCC1CCCN(Cc2cccc(Cl)c2)C1. The normalized spacial score (nSPS) is 19.9. The van der Waals surface area contributed by atoms with Gasteiger partial charge in [-0.2, -0.15) is 0 Å². The van der Waals surface area contributed by atoms with E-state index in [9.17, 15) is 4.79 Å². The van der Waals surface area contributed by atoms with Crippen LogP contribution < -0.4 is 5.32 Å². The lowest BCUT2D eigenvalue weighted by molar-refractivity contribution is -0.136. The first-order valence-electron chi connectivity index (χ1n) is 7.03.